The molecule has 0 bridgehead atoms. The molecular formula is C14H17ClN2O2. The summed E-state index contributed by atoms with van der Waals surface area (Å²) in [5.74, 6) is -0.0288. The molecule has 0 amide bonds. The summed E-state index contributed by atoms with van der Waals surface area (Å²) in [7, 11) is 1.35. The minimum absolute atomic E-state index is 0.321. The fraction of sp³-hybridized carbons (Fsp3) is 0.429. The molecular weight excluding hydrogens is 264 g/mol. The van der Waals surface area contributed by atoms with E-state index in [1.165, 1.54) is 7.11 Å². The van der Waals surface area contributed by atoms with Gasteiger partial charge in [0.25, 0.3) is 0 Å². The van der Waals surface area contributed by atoms with Crippen molar-refractivity contribution in [3.63, 3.8) is 0 Å². The minimum atomic E-state index is -0.490. The number of esters is 1. The highest BCUT2D eigenvalue weighted by Gasteiger charge is 2.21. The number of ether oxygens (including phenoxy) is 1. The Labute approximate surface area is 118 Å². The van der Waals surface area contributed by atoms with Gasteiger partial charge in [-0.05, 0) is 24.5 Å². The highest BCUT2D eigenvalue weighted by Crippen LogP contribution is 2.25. The van der Waals surface area contributed by atoms with E-state index in [-0.39, 0.29) is 5.97 Å². The molecule has 0 spiro atoms. The van der Waals surface area contributed by atoms with E-state index in [1.807, 2.05) is 19.9 Å². The lowest BCUT2D eigenvalue weighted by atomic mass is 10.0. The molecule has 1 unspecified atom stereocenters. The van der Waals surface area contributed by atoms with Gasteiger partial charge in [0.1, 0.15) is 12.1 Å². The highest BCUT2D eigenvalue weighted by atomic mass is 35.5. The van der Waals surface area contributed by atoms with E-state index in [0.29, 0.717) is 28.6 Å². The Bertz CT molecular complexity index is 495. The molecule has 0 aliphatic rings. The van der Waals surface area contributed by atoms with E-state index in [2.05, 4.69) is 5.32 Å². The quantitative estimate of drug-likeness (QED) is 0.841. The summed E-state index contributed by atoms with van der Waals surface area (Å²) in [5.41, 5.74) is 0.882. The lowest BCUT2D eigenvalue weighted by molar-refractivity contribution is -0.141. The number of nitriles is 1. The minimum Gasteiger partial charge on any atom is -0.467 e. The Morgan fingerprint density at radius 3 is 2.74 bits per heavy atom. The molecule has 0 saturated carbocycles. The molecule has 4 nitrogen and oxygen atoms in total. The number of nitrogens with one attached hydrogen (secondary N) is 1. The molecule has 1 atom stereocenters. The third kappa shape index (κ3) is 4.15. The average molecular weight is 281 g/mol. The third-order valence-electron chi connectivity index (χ3n) is 2.65. The second kappa shape index (κ2) is 7.01. The Balaban J connectivity index is 3.00. The van der Waals surface area contributed by atoms with E-state index >= 15 is 0 Å². The van der Waals surface area contributed by atoms with Crippen molar-refractivity contribution in [2.45, 2.75) is 26.3 Å². The average Bonchev–Trinajstić information content (AvgIpc) is 2.36. The molecule has 0 heterocycles. The van der Waals surface area contributed by atoms with Crippen LogP contribution in [-0.2, 0) is 9.53 Å². The molecule has 0 saturated heterocycles. The van der Waals surface area contributed by atoms with Gasteiger partial charge in [-0.2, -0.15) is 5.26 Å². The second-order valence-corrected chi connectivity index (χ2v) is 5.03. The fourth-order valence-electron chi connectivity index (χ4n) is 1.77. The van der Waals surface area contributed by atoms with Gasteiger partial charge < -0.3 is 10.1 Å². The fourth-order valence-corrected chi connectivity index (χ4v) is 1.99. The van der Waals surface area contributed by atoms with Gasteiger partial charge in [0.2, 0.25) is 0 Å². The van der Waals surface area contributed by atoms with Crippen LogP contribution in [0.4, 0.5) is 5.69 Å². The first kappa shape index (κ1) is 15.3. The number of carbonyl (C=O) groups is 1. The van der Waals surface area contributed by atoms with Crippen LogP contribution in [0.5, 0.6) is 0 Å². The number of hydrogen-bond acceptors (Lipinski definition) is 4. The van der Waals surface area contributed by atoms with Gasteiger partial charge in [-0.25, -0.2) is 4.79 Å². The van der Waals surface area contributed by atoms with Gasteiger partial charge in [0.05, 0.1) is 23.4 Å². The molecule has 0 radical (unpaired) electrons. The van der Waals surface area contributed by atoms with Crippen LogP contribution >= 0.6 is 11.6 Å². The summed E-state index contributed by atoms with van der Waals surface area (Å²) in [6.45, 7) is 4.03. The Kier molecular flexibility index (Phi) is 5.65. The largest absolute Gasteiger partial charge is 0.467 e. The van der Waals surface area contributed by atoms with Crippen LogP contribution < -0.4 is 5.32 Å². The number of nitrogens with zero attached hydrogens (tertiary/aromatic N) is 1. The second-order valence-electron chi connectivity index (χ2n) is 4.62. The monoisotopic (exact) mass is 280 g/mol. The molecule has 1 aromatic rings. The molecule has 1 N–H and O–H groups in total. The molecule has 1 rings (SSSR count). The van der Waals surface area contributed by atoms with Gasteiger partial charge in [-0.15, -0.1) is 0 Å². The van der Waals surface area contributed by atoms with Crippen molar-refractivity contribution in [2.24, 2.45) is 5.92 Å². The maximum absolute atomic E-state index is 11.7. The number of halogens is 1. The maximum Gasteiger partial charge on any atom is 0.328 e. The summed E-state index contributed by atoms with van der Waals surface area (Å²) in [6, 6.07) is 6.64. The highest BCUT2D eigenvalue weighted by molar-refractivity contribution is 6.32. The standard InChI is InChI=1S/C14H17ClN2O2/c1-9(2)7-13(14(18)19-3)17-12-6-4-5-11(15)10(12)8-16/h4-6,9,13,17H,7H2,1-3H3. The lowest BCUT2D eigenvalue weighted by Gasteiger charge is -2.20. The zero-order valence-corrected chi connectivity index (χ0v) is 12.0. The van der Waals surface area contributed by atoms with Gasteiger partial charge in [-0.3, -0.25) is 0 Å². The van der Waals surface area contributed by atoms with Crippen LogP contribution in [0.1, 0.15) is 25.8 Å². The molecule has 5 heteroatoms. The first-order valence-electron chi connectivity index (χ1n) is 6.02. The van der Waals surface area contributed by atoms with Gasteiger partial charge in [0, 0.05) is 0 Å². The predicted octanol–water partition coefficient (Wildman–Crippen LogP) is 3.21. The number of carbonyl (C=O) groups excluding carboxylic acids is 1. The normalized spacial score (nSPS) is 11.8. The summed E-state index contributed by atoms with van der Waals surface area (Å²) >= 11 is 5.95. The van der Waals surface area contributed by atoms with Crippen molar-refractivity contribution >= 4 is 23.3 Å². The van der Waals surface area contributed by atoms with Gasteiger partial charge in [-0.1, -0.05) is 31.5 Å². The number of anilines is 1. The third-order valence-corrected chi connectivity index (χ3v) is 2.96. The summed E-state index contributed by atoms with van der Waals surface area (Å²) < 4.78 is 4.77. The number of methoxy groups -OCH3 is 1. The van der Waals surface area contributed by atoms with E-state index in [1.54, 1.807) is 18.2 Å². The Hall–Kier alpha value is -1.73. The molecule has 0 fully saturated rings. The maximum atomic E-state index is 11.7. The molecule has 19 heavy (non-hydrogen) atoms. The molecule has 0 aliphatic carbocycles. The van der Waals surface area contributed by atoms with E-state index in [0.717, 1.165) is 0 Å². The molecule has 0 aliphatic heterocycles. The van der Waals surface area contributed by atoms with E-state index < -0.39 is 6.04 Å². The summed E-state index contributed by atoms with van der Waals surface area (Å²) in [5, 5.41) is 12.5. The Morgan fingerprint density at radius 1 is 1.53 bits per heavy atom. The smallest absolute Gasteiger partial charge is 0.328 e. The Morgan fingerprint density at radius 2 is 2.21 bits per heavy atom. The van der Waals surface area contributed by atoms with Crippen LogP contribution in [0.25, 0.3) is 0 Å². The summed E-state index contributed by atoms with van der Waals surface area (Å²) in [4.78, 5) is 11.7. The van der Waals surface area contributed by atoms with Crippen molar-refractivity contribution < 1.29 is 9.53 Å². The van der Waals surface area contributed by atoms with Crippen molar-refractivity contribution in [3.8, 4) is 6.07 Å². The number of rotatable bonds is 5. The topological polar surface area (TPSA) is 62.1 Å². The molecule has 102 valence electrons. The summed E-state index contributed by atoms with van der Waals surface area (Å²) in [6.07, 6.45) is 0.615. The first-order valence-corrected chi connectivity index (χ1v) is 6.40. The predicted molar refractivity (Wildman–Crippen MR) is 75.0 cm³/mol. The van der Waals surface area contributed by atoms with Crippen molar-refractivity contribution in [1.82, 2.24) is 0 Å². The van der Waals surface area contributed by atoms with Crippen LogP contribution in [0.3, 0.4) is 0 Å². The number of hydrogen-bond donors (Lipinski definition) is 1. The van der Waals surface area contributed by atoms with Crippen molar-refractivity contribution in [2.75, 3.05) is 12.4 Å². The van der Waals surface area contributed by atoms with E-state index in [9.17, 15) is 4.79 Å². The van der Waals surface area contributed by atoms with E-state index in [4.69, 9.17) is 21.6 Å². The zero-order chi connectivity index (χ0) is 14.4. The van der Waals surface area contributed by atoms with Crippen molar-refractivity contribution in [3.05, 3.63) is 28.8 Å². The van der Waals surface area contributed by atoms with Gasteiger partial charge in [0.15, 0.2) is 0 Å². The van der Waals surface area contributed by atoms with Crippen LogP contribution in [-0.4, -0.2) is 19.1 Å². The van der Waals surface area contributed by atoms with Crippen LogP contribution in [0.15, 0.2) is 18.2 Å². The van der Waals surface area contributed by atoms with Crippen LogP contribution in [0, 0.1) is 17.2 Å². The molecule has 0 aromatic heterocycles. The zero-order valence-electron chi connectivity index (χ0n) is 11.2. The van der Waals surface area contributed by atoms with Gasteiger partial charge >= 0.3 is 5.97 Å². The first-order chi connectivity index (χ1) is 8.99. The number of benzene rings is 1. The van der Waals surface area contributed by atoms with Crippen LogP contribution in [0.2, 0.25) is 5.02 Å². The lowest BCUT2D eigenvalue weighted by Crippen LogP contribution is -2.32. The molecule has 1 aromatic carbocycles. The van der Waals surface area contributed by atoms with Crippen molar-refractivity contribution in [1.29, 1.82) is 5.26 Å². The SMILES string of the molecule is COC(=O)C(CC(C)C)Nc1cccc(Cl)c1C#N.